The highest BCUT2D eigenvalue weighted by atomic mass is 79.9. The van der Waals surface area contributed by atoms with Crippen molar-refractivity contribution in [2.24, 2.45) is 0 Å². The van der Waals surface area contributed by atoms with Crippen molar-refractivity contribution < 1.29 is 4.39 Å². The van der Waals surface area contributed by atoms with Gasteiger partial charge < -0.3 is 0 Å². The molecule has 4 heteroatoms. The van der Waals surface area contributed by atoms with Crippen LogP contribution < -0.4 is 0 Å². The molecule has 2 nitrogen and oxygen atoms in total. The molecule has 0 N–H and O–H groups in total. The highest BCUT2D eigenvalue weighted by molar-refractivity contribution is 9.10. The van der Waals surface area contributed by atoms with Gasteiger partial charge in [0, 0.05) is 30.0 Å². The molecule has 1 heterocycles. The molecule has 0 saturated carbocycles. The van der Waals surface area contributed by atoms with E-state index < -0.39 is 0 Å². The van der Waals surface area contributed by atoms with Crippen LogP contribution in [0.1, 0.15) is 11.1 Å². The average molecular weight is 309 g/mol. The molecular formula is C14H14BrFN2. The van der Waals surface area contributed by atoms with E-state index in [1.165, 1.54) is 6.07 Å². The summed E-state index contributed by atoms with van der Waals surface area (Å²) in [6.07, 6.45) is 3.60. The third-order valence-corrected chi connectivity index (χ3v) is 3.01. The third-order valence-electron chi connectivity index (χ3n) is 2.55. The maximum atomic E-state index is 13.2. The first kappa shape index (κ1) is 13.2. The molecule has 0 spiro atoms. The van der Waals surface area contributed by atoms with Crippen LogP contribution in [0.5, 0.6) is 0 Å². The molecule has 2 aromatic rings. The number of rotatable bonds is 4. The maximum Gasteiger partial charge on any atom is 0.124 e. The molecular weight excluding hydrogens is 295 g/mol. The van der Waals surface area contributed by atoms with E-state index in [0.717, 1.165) is 22.1 Å². The highest BCUT2D eigenvalue weighted by Crippen LogP contribution is 2.16. The molecule has 0 aliphatic carbocycles. The van der Waals surface area contributed by atoms with Gasteiger partial charge in [-0.15, -0.1) is 0 Å². The van der Waals surface area contributed by atoms with Crippen molar-refractivity contribution in [2.45, 2.75) is 13.1 Å². The molecule has 1 aromatic heterocycles. The number of aromatic nitrogens is 1. The van der Waals surface area contributed by atoms with Crippen molar-refractivity contribution in [3.63, 3.8) is 0 Å². The number of hydrogen-bond acceptors (Lipinski definition) is 2. The van der Waals surface area contributed by atoms with Gasteiger partial charge >= 0.3 is 0 Å². The molecule has 94 valence electrons. The quantitative estimate of drug-likeness (QED) is 0.857. The molecule has 0 saturated heterocycles. The van der Waals surface area contributed by atoms with Crippen LogP contribution in [0.4, 0.5) is 4.39 Å². The monoisotopic (exact) mass is 308 g/mol. The Morgan fingerprint density at radius 3 is 2.67 bits per heavy atom. The van der Waals surface area contributed by atoms with Crippen LogP contribution in [-0.4, -0.2) is 16.9 Å². The first-order chi connectivity index (χ1) is 8.63. The number of benzene rings is 1. The third kappa shape index (κ3) is 3.89. The number of halogens is 2. The molecule has 0 unspecified atom stereocenters. The van der Waals surface area contributed by atoms with Crippen molar-refractivity contribution in [1.82, 2.24) is 9.88 Å². The Hall–Kier alpha value is -1.26. The zero-order valence-corrected chi connectivity index (χ0v) is 11.7. The van der Waals surface area contributed by atoms with Gasteiger partial charge in [0.25, 0.3) is 0 Å². The SMILES string of the molecule is CN(Cc1cccnc1)Cc1cc(F)cc(Br)c1. The van der Waals surface area contributed by atoms with Crippen LogP contribution in [0.15, 0.2) is 47.2 Å². The number of hydrogen-bond donors (Lipinski definition) is 0. The minimum absolute atomic E-state index is 0.214. The molecule has 18 heavy (non-hydrogen) atoms. The van der Waals surface area contributed by atoms with Crippen LogP contribution in [0.25, 0.3) is 0 Å². The van der Waals surface area contributed by atoms with Gasteiger partial charge in [-0.3, -0.25) is 9.88 Å². The van der Waals surface area contributed by atoms with Crippen molar-refractivity contribution in [2.75, 3.05) is 7.05 Å². The van der Waals surface area contributed by atoms with Gasteiger partial charge in [-0.2, -0.15) is 0 Å². The minimum atomic E-state index is -0.214. The van der Waals surface area contributed by atoms with Crippen molar-refractivity contribution in [3.8, 4) is 0 Å². The fourth-order valence-electron chi connectivity index (χ4n) is 1.87. The molecule has 0 aliphatic rings. The van der Waals surface area contributed by atoms with Gasteiger partial charge in [-0.25, -0.2) is 4.39 Å². The fraction of sp³-hybridized carbons (Fsp3) is 0.214. The van der Waals surface area contributed by atoms with Crippen LogP contribution >= 0.6 is 15.9 Å². The number of nitrogens with zero attached hydrogens (tertiary/aromatic N) is 2. The Morgan fingerprint density at radius 1 is 1.22 bits per heavy atom. The molecule has 0 aliphatic heterocycles. The molecule has 0 radical (unpaired) electrons. The van der Waals surface area contributed by atoms with E-state index in [-0.39, 0.29) is 5.82 Å². The molecule has 0 atom stereocenters. The van der Waals surface area contributed by atoms with Gasteiger partial charge in [-0.05, 0) is 42.4 Å². The summed E-state index contributed by atoms with van der Waals surface area (Å²) in [5, 5.41) is 0. The van der Waals surface area contributed by atoms with E-state index in [1.54, 1.807) is 12.3 Å². The van der Waals surface area contributed by atoms with Gasteiger partial charge in [0.05, 0.1) is 0 Å². The summed E-state index contributed by atoms with van der Waals surface area (Å²) in [6.45, 7) is 1.49. The first-order valence-corrected chi connectivity index (χ1v) is 6.45. The van der Waals surface area contributed by atoms with Crippen LogP contribution in [0.3, 0.4) is 0 Å². The molecule has 1 aromatic carbocycles. The summed E-state index contributed by atoms with van der Waals surface area (Å²) in [7, 11) is 2.01. The predicted molar refractivity (Wildman–Crippen MR) is 73.5 cm³/mol. The Bertz CT molecular complexity index is 496. The van der Waals surface area contributed by atoms with Gasteiger partial charge in [0.2, 0.25) is 0 Å². The maximum absolute atomic E-state index is 13.2. The largest absolute Gasteiger partial charge is 0.298 e. The fourth-order valence-corrected chi connectivity index (χ4v) is 2.39. The Balaban J connectivity index is 2.01. The first-order valence-electron chi connectivity index (χ1n) is 5.66. The van der Waals surface area contributed by atoms with Crippen molar-refractivity contribution in [1.29, 1.82) is 0 Å². The summed E-state index contributed by atoms with van der Waals surface area (Å²) < 4.78 is 14.0. The normalized spacial score (nSPS) is 10.9. The zero-order valence-electron chi connectivity index (χ0n) is 10.1. The zero-order chi connectivity index (χ0) is 13.0. The summed E-state index contributed by atoms with van der Waals surface area (Å²) >= 11 is 3.30. The van der Waals surface area contributed by atoms with E-state index in [4.69, 9.17) is 0 Å². The molecule has 0 amide bonds. The second kappa shape index (κ2) is 6.07. The standard InChI is InChI=1S/C14H14BrFN2/c1-18(9-11-3-2-4-17-8-11)10-12-5-13(15)7-14(16)6-12/h2-8H,9-10H2,1H3. The van der Waals surface area contributed by atoms with Crippen LogP contribution in [0.2, 0.25) is 0 Å². The van der Waals surface area contributed by atoms with Gasteiger partial charge in [0.1, 0.15) is 5.82 Å². The van der Waals surface area contributed by atoms with Crippen molar-refractivity contribution >= 4 is 15.9 Å². The predicted octanol–water partition coefficient (Wildman–Crippen LogP) is 3.62. The lowest BCUT2D eigenvalue weighted by Crippen LogP contribution is -2.17. The van der Waals surface area contributed by atoms with E-state index in [2.05, 4.69) is 25.8 Å². The lowest BCUT2D eigenvalue weighted by Gasteiger charge is -2.16. The average Bonchev–Trinajstić information content (AvgIpc) is 2.28. The van der Waals surface area contributed by atoms with Gasteiger partial charge in [0.15, 0.2) is 0 Å². The summed E-state index contributed by atoms with van der Waals surface area (Å²) in [6, 6.07) is 8.91. The van der Waals surface area contributed by atoms with E-state index in [0.29, 0.717) is 6.54 Å². The lowest BCUT2D eigenvalue weighted by atomic mass is 10.2. The van der Waals surface area contributed by atoms with E-state index >= 15 is 0 Å². The Labute approximate surface area is 115 Å². The smallest absolute Gasteiger partial charge is 0.124 e. The van der Waals surface area contributed by atoms with Gasteiger partial charge in [-0.1, -0.05) is 22.0 Å². The molecule has 2 rings (SSSR count). The number of pyridine rings is 1. The summed E-state index contributed by atoms with van der Waals surface area (Å²) in [4.78, 5) is 6.20. The second-order valence-electron chi connectivity index (χ2n) is 4.31. The van der Waals surface area contributed by atoms with E-state index in [9.17, 15) is 4.39 Å². The lowest BCUT2D eigenvalue weighted by molar-refractivity contribution is 0.318. The Morgan fingerprint density at radius 2 is 2.00 bits per heavy atom. The highest BCUT2D eigenvalue weighted by Gasteiger charge is 2.04. The summed E-state index contributed by atoms with van der Waals surface area (Å²) in [5.74, 6) is -0.214. The topological polar surface area (TPSA) is 16.1 Å². The second-order valence-corrected chi connectivity index (χ2v) is 5.23. The Kier molecular flexibility index (Phi) is 4.44. The van der Waals surface area contributed by atoms with Crippen molar-refractivity contribution in [3.05, 3.63) is 64.1 Å². The molecule has 0 fully saturated rings. The van der Waals surface area contributed by atoms with Crippen LogP contribution in [0, 0.1) is 5.82 Å². The van der Waals surface area contributed by atoms with E-state index in [1.807, 2.05) is 31.4 Å². The van der Waals surface area contributed by atoms with Crippen LogP contribution in [-0.2, 0) is 13.1 Å². The summed E-state index contributed by atoms with van der Waals surface area (Å²) in [5.41, 5.74) is 2.10. The minimum Gasteiger partial charge on any atom is -0.298 e. The molecule has 0 bridgehead atoms.